The summed E-state index contributed by atoms with van der Waals surface area (Å²) in [6.07, 6.45) is 0.369. The molecule has 0 unspecified atom stereocenters. The lowest BCUT2D eigenvalue weighted by Crippen LogP contribution is -2.47. The van der Waals surface area contributed by atoms with Crippen LogP contribution in [0.4, 0.5) is 16.2 Å². The van der Waals surface area contributed by atoms with Gasteiger partial charge in [-0.05, 0) is 42.8 Å². The lowest BCUT2D eigenvalue weighted by Gasteiger charge is -2.36. The molecule has 7 nitrogen and oxygen atoms in total. The molecule has 3 rings (SSSR count). The standard InChI is InChI=1S/C23H31N5O2/c1-3-27-11-13-28(14-12-27)21-10-9-19(15-17(21)2)25-22(29)20(26-23(24)30)16-18-7-5-4-6-8-18/h4-10,15,20H,3,11-14,16H2,1-2H3,(H,25,29)(H3,24,26,30)/t20-/m1/s1. The van der Waals surface area contributed by atoms with Crippen LogP contribution in [0, 0.1) is 6.92 Å². The maximum absolute atomic E-state index is 12.8. The maximum Gasteiger partial charge on any atom is 0.312 e. The van der Waals surface area contributed by atoms with Crippen molar-refractivity contribution in [1.82, 2.24) is 10.2 Å². The Balaban J connectivity index is 1.67. The molecule has 160 valence electrons. The van der Waals surface area contributed by atoms with Crippen molar-refractivity contribution in [3.05, 3.63) is 59.7 Å². The van der Waals surface area contributed by atoms with Gasteiger partial charge in [-0.2, -0.15) is 0 Å². The van der Waals surface area contributed by atoms with E-state index < -0.39 is 12.1 Å². The molecule has 4 N–H and O–H groups in total. The van der Waals surface area contributed by atoms with Crippen LogP contribution >= 0.6 is 0 Å². The van der Waals surface area contributed by atoms with E-state index in [0.717, 1.165) is 43.9 Å². The van der Waals surface area contributed by atoms with Crippen LogP contribution in [0.15, 0.2) is 48.5 Å². The number of hydrogen-bond donors (Lipinski definition) is 3. The van der Waals surface area contributed by atoms with E-state index in [2.05, 4.69) is 40.3 Å². The van der Waals surface area contributed by atoms with Crippen LogP contribution in [0.25, 0.3) is 0 Å². The number of benzene rings is 2. The summed E-state index contributed by atoms with van der Waals surface area (Å²) in [5, 5.41) is 5.47. The first kappa shape index (κ1) is 21.6. The van der Waals surface area contributed by atoms with Gasteiger partial charge in [0.1, 0.15) is 6.04 Å². The molecule has 0 spiro atoms. The Kier molecular flexibility index (Phi) is 7.30. The van der Waals surface area contributed by atoms with Crippen molar-refractivity contribution in [1.29, 1.82) is 0 Å². The zero-order chi connectivity index (χ0) is 21.5. The van der Waals surface area contributed by atoms with Gasteiger partial charge in [0.25, 0.3) is 0 Å². The number of likely N-dealkylation sites (N-methyl/N-ethyl adjacent to an activating group) is 1. The first-order valence-corrected chi connectivity index (χ1v) is 10.4. The molecular weight excluding hydrogens is 378 g/mol. The number of piperazine rings is 1. The van der Waals surface area contributed by atoms with Crippen LogP contribution in [0.3, 0.4) is 0 Å². The molecule has 30 heavy (non-hydrogen) atoms. The zero-order valence-electron chi connectivity index (χ0n) is 17.7. The second-order valence-electron chi connectivity index (χ2n) is 7.66. The third-order valence-electron chi connectivity index (χ3n) is 5.54. The Morgan fingerprint density at radius 1 is 1.07 bits per heavy atom. The fourth-order valence-electron chi connectivity index (χ4n) is 3.85. The number of rotatable bonds is 7. The molecule has 2 aromatic rings. The number of carbonyl (C=O) groups excluding carboxylic acids is 2. The summed E-state index contributed by atoms with van der Waals surface area (Å²) < 4.78 is 0. The van der Waals surface area contributed by atoms with E-state index >= 15 is 0 Å². The average Bonchev–Trinajstić information content (AvgIpc) is 2.74. The molecule has 0 saturated carbocycles. The molecule has 0 radical (unpaired) electrons. The number of nitrogens with one attached hydrogen (secondary N) is 2. The van der Waals surface area contributed by atoms with Gasteiger partial charge in [-0.1, -0.05) is 37.3 Å². The summed E-state index contributed by atoms with van der Waals surface area (Å²) in [7, 11) is 0. The van der Waals surface area contributed by atoms with Crippen LogP contribution in [0.1, 0.15) is 18.1 Å². The van der Waals surface area contributed by atoms with E-state index in [1.165, 1.54) is 5.69 Å². The van der Waals surface area contributed by atoms with Gasteiger partial charge in [0.2, 0.25) is 5.91 Å². The summed E-state index contributed by atoms with van der Waals surface area (Å²) in [5.41, 5.74) is 9.25. The maximum atomic E-state index is 12.8. The van der Waals surface area contributed by atoms with E-state index in [4.69, 9.17) is 5.73 Å². The number of nitrogens with two attached hydrogens (primary N) is 1. The highest BCUT2D eigenvalue weighted by Crippen LogP contribution is 2.25. The first-order chi connectivity index (χ1) is 14.5. The predicted molar refractivity (Wildman–Crippen MR) is 121 cm³/mol. The normalized spacial score (nSPS) is 15.5. The lowest BCUT2D eigenvalue weighted by molar-refractivity contribution is -0.117. The Labute approximate surface area is 178 Å². The molecule has 0 aromatic heterocycles. The SMILES string of the molecule is CCN1CCN(c2ccc(NC(=O)[C@@H](Cc3ccccc3)NC(N)=O)cc2C)CC1. The van der Waals surface area contributed by atoms with Crippen molar-refractivity contribution in [2.75, 3.05) is 42.9 Å². The van der Waals surface area contributed by atoms with Gasteiger partial charge in [-0.15, -0.1) is 0 Å². The molecule has 7 heteroatoms. The minimum Gasteiger partial charge on any atom is -0.369 e. The summed E-state index contributed by atoms with van der Waals surface area (Å²) in [6.45, 7) is 9.46. The largest absolute Gasteiger partial charge is 0.369 e. The second kappa shape index (κ2) is 10.1. The van der Waals surface area contributed by atoms with E-state index in [0.29, 0.717) is 12.1 Å². The number of anilines is 2. The van der Waals surface area contributed by atoms with Gasteiger partial charge in [0.15, 0.2) is 0 Å². The van der Waals surface area contributed by atoms with Crippen molar-refractivity contribution in [2.45, 2.75) is 26.3 Å². The monoisotopic (exact) mass is 409 g/mol. The van der Waals surface area contributed by atoms with Crippen molar-refractivity contribution in [3.63, 3.8) is 0 Å². The number of aryl methyl sites for hydroxylation is 1. The van der Waals surface area contributed by atoms with Crippen LogP contribution < -0.4 is 21.3 Å². The molecular formula is C23H31N5O2. The molecule has 1 fully saturated rings. The molecule has 1 saturated heterocycles. The third-order valence-corrected chi connectivity index (χ3v) is 5.54. The molecule has 2 aromatic carbocycles. The van der Waals surface area contributed by atoms with Crippen molar-refractivity contribution in [2.24, 2.45) is 5.73 Å². The highest BCUT2D eigenvalue weighted by atomic mass is 16.2. The number of carbonyl (C=O) groups is 2. The highest BCUT2D eigenvalue weighted by Gasteiger charge is 2.21. The predicted octanol–water partition coefficient (Wildman–Crippen LogP) is 2.36. The van der Waals surface area contributed by atoms with Gasteiger partial charge in [-0.3, -0.25) is 4.79 Å². The molecule has 1 aliphatic rings. The van der Waals surface area contributed by atoms with Crippen LogP contribution in [-0.2, 0) is 11.2 Å². The number of nitrogens with zero attached hydrogens (tertiary/aromatic N) is 2. The number of amides is 3. The Bertz CT molecular complexity index is 863. The van der Waals surface area contributed by atoms with Gasteiger partial charge in [0.05, 0.1) is 0 Å². The topological polar surface area (TPSA) is 90.7 Å². The van der Waals surface area contributed by atoms with Crippen molar-refractivity contribution >= 4 is 23.3 Å². The van der Waals surface area contributed by atoms with Crippen molar-refractivity contribution in [3.8, 4) is 0 Å². The van der Waals surface area contributed by atoms with E-state index in [9.17, 15) is 9.59 Å². The molecule has 1 aliphatic heterocycles. The fraction of sp³-hybridized carbons (Fsp3) is 0.391. The Hall–Kier alpha value is -3.06. The lowest BCUT2D eigenvalue weighted by atomic mass is 10.0. The van der Waals surface area contributed by atoms with E-state index in [1.54, 1.807) is 0 Å². The average molecular weight is 410 g/mol. The smallest absolute Gasteiger partial charge is 0.312 e. The fourth-order valence-corrected chi connectivity index (χ4v) is 3.85. The molecule has 1 atom stereocenters. The number of primary amides is 1. The highest BCUT2D eigenvalue weighted by molar-refractivity contribution is 5.97. The van der Waals surface area contributed by atoms with Crippen LogP contribution in [-0.4, -0.2) is 55.6 Å². The third kappa shape index (κ3) is 5.73. The first-order valence-electron chi connectivity index (χ1n) is 10.4. The minimum absolute atomic E-state index is 0.290. The quantitative estimate of drug-likeness (QED) is 0.655. The van der Waals surface area contributed by atoms with Crippen LogP contribution in [0.5, 0.6) is 0 Å². The zero-order valence-corrected chi connectivity index (χ0v) is 17.7. The number of urea groups is 1. The Morgan fingerprint density at radius 2 is 1.77 bits per heavy atom. The number of hydrogen-bond acceptors (Lipinski definition) is 4. The van der Waals surface area contributed by atoms with Crippen molar-refractivity contribution < 1.29 is 9.59 Å². The van der Waals surface area contributed by atoms with Crippen LogP contribution in [0.2, 0.25) is 0 Å². The summed E-state index contributed by atoms with van der Waals surface area (Å²) in [6, 6.07) is 14.0. The molecule has 0 aliphatic carbocycles. The summed E-state index contributed by atoms with van der Waals surface area (Å²) in [4.78, 5) is 29.1. The van der Waals surface area contributed by atoms with Gasteiger partial charge in [0, 0.05) is 44.0 Å². The van der Waals surface area contributed by atoms with Gasteiger partial charge >= 0.3 is 6.03 Å². The van der Waals surface area contributed by atoms with E-state index in [1.807, 2.05) is 42.5 Å². The van der Waals surface area contributed by atoms with E-state index in [-0.39, 0.29) is 5.91 Å². The Morgan fingerprint density at radius 3 is 2.37 bits per heavy atom. The molecule has 1 heterocycles. The minimum atomic E-state index is -0.744. The molecule has 3 amide bonds. The molecule has 0 bridgehead atoms. The van der Waals surface area contributed by atoms with Gasteiger partial charge < -0.3 is 26.2 Å². The summed E-state index contributed by atoms with van der Waals surface area (Å²) >= 11 is 0. The summed E-state index contributed by atoms with van der Waals surface area (Å²) in [5.74, 6) is -0.290. The second-order valence-corrected chi connectivity index (χ2v) is 7.66. The van der Waals surface area contributed by atoms with Gasteiger partial charge in [-0.25, -0.2) is 4.79 Å².